The molecule has 18 heavy (non-hydrogen) atoms. The van der Waals surface area contributed by atoms with E-state index in [-0.39, 0.29) is 11.9 Å². The van der Waals surface area contributed by atoms with E-state index in [0.717, 1.165) is 24.3 Å². The standard InChI is InChI=1S/C14H19N3O/c1-15-13-11-6-5-10(9-12(11)16-14(13)18)17-7-3-2-4-8-17/h5-6,9,13,15H,2-4,7-8H2,1H3,(H,16,18). The Morgan fingerprint density at radius 2 is 2.06 bits per heavy atom. The summed E-state index contributed by atoms with van der Waals surface area (Å²) in [6.45, 7) is 2.25. The number of nitrogens with one attached hydrogen (secondary N) is 2. The van der Waals surface area contributed by atoms with E-state index >= 15 is 0 Å². The average Bonchev–Trinajstić information content (AvgIpc) is 2.74. The van der Waals surface area contributed by atoms with Gasteiger partial charge in [0.05, 0.1) is 0 Å². The first-order chi connectivity index (χ1) is 8.79. The Morgan fingerprint density at radius 3 is 2.78 bits per heavy atom. The molecule has 0 aliphatic carbocycles. The lowest BCUT2D eigenvalue weighted by Gasteiger charge is -2.29. The summed E-state index contributed by atoms with van der Waals surface area (Å²) >= 11 is 0. The third kappa shape index (κ3) is 1.86. The van der Waals surface area contributed by atoms with Crippen LogP contribution < -0.4 is 15.5 Å². The van der Waals surface area contributed by atoms with Crippen LogP contribution >= 0.6 is 0 Å². The van der Waals surface area contributed by atoms with Crippen LogP contribution in [0.1, 0.15) is 30.9 Å². The number of piperidine rings is 1. The maximum Gasteiger partial charge on any atom is 0.246 e. The van der Waals surface area contributed by atoms with Gasteiger partial charge in [-0.3, -0.25) is 4.79 Å². The van der Waals surface area contributed by atoms with Crippen LogP contribution in [-0.2, 0) is 4.79 Å². The van der Waals surface area contributed by atoms with Gasteiger partial charge in [0.15, 0.2) is 0 Å². The van der Waals surface area contributed by atoms with Crippen molar-refractivity contribution in [3.63, 3.8) is 0 Å². The summed E-state index contributed by atoms with van der Waals surface area (Å²) < 4.78 is 0. The van der Waals surface area contributed by atoms with E-state index < -0.39 is 0 Å². The summed E-state index contributed by atoms with van der Waals surface area (Å²) in [5.41, 5.74) is 3.25. The molecule has 1 fully saturated rings. The number of carbonyl (C=O) groups is 1. The molecule has 4 nitrogen and oxygen atoms in total. The summed E-state index contributed by atoms with van der Waals surface area (Å²) in [4.78, 5) is 14.2. The zero-order valence-electron chi connectivity index (χ0n) is 10.7. The van der Waals surface area contributed by atoms with E-state index in [1.54, 1.807) is 0 Å². The molecule has 96 valence electrons. The Bertz CT molecular complexity index is 466. The number of amides is 1. The summed E-state index contributed by atoms with van der Waals surface area (Å²) in [5.74, 6) is 0.0447. The first-order valence-electron chi connectivity index (χ1n) is 6.66. The quantitative estimate of drug-likeness (QED) is 0.836. The monoisotopic (exact) mass is 245 g/mol. The molecular weight excluding hydrogens is 226 g/mol. The highest BCUT2D eigenvalue weighted by molar-refractivity contribution is 6.03. The van der Waals surface area contributed by atoms with Crippen LogP contribution in [-0.4, -0.2) is 26.0 Å². The maximum atomic E-state index is 11.8. The molecule has 0 aromatic heterocycles. The van der Waals surface area contributed by atoms with Crippen LogP contribution in [0.3, 0.4) is 0 Å². The average molecular weight is 245 g/mol. The van der Waals surface area contributed by atoms with Crippen molar-refractivity contribution in [2.75, 3.05) is 30.4 Å². The number of fused-ring (bicyclic) bond motifs is 1. The largest absolute Gasteiger partial charge is 0.371 e. The van der Waals surface area contributed by atoms with Gasteiger partial charge in [0, 0.05) is 30.0 Å². The summed E-state index contributed by atoms with van der Waals surface area (Å²) in [7, 11) is 1.82. The molecule has 0 saturated carbocycles. The van der Waals surface area contributed by atoms with Crippen LogP contribution in [0.25, 0.3) is 0 Å². The SMILES string of the molecule is CNC1C(=O)Nc2cc(N3CCCCC3)ccc21. The molecule has 2 N–H and O–H groups in total. The van der Waals surface area contributed by atoms with E-state index in [1.165, 1.54) is 24.9 Å². The first-order valence-corrected chi connectivity index (χ1v) is 6.66. The topological polar surface area (TPSA) is 44.4 Å². The maximum absolute atomic E-state index is 11.8. The minimum atomic E-state index is -0.199. The molecule has 3 rings (SSSR count). The highest BCUT2D eigenvalue weighted by Gasteiger charge is 2.29. The molecule has 0 spiro atoms. The van der Waals surface area contributed by atoms with Gasteiger partial charge >= 0.3 is 0 Å². The highest BCUT2D eigenvalue weighted by atomic mass is 16.2. The second-order valence-electron chi connectivity index (χ2n) is 5.03. The molecule has 1 aromatic carbocycles. The number of hydrogen-bond donors (Lipinski definition) is 2. The Labute approximate surface area is 107 Å². The summed E-state index contributed by atoms with van der Waals surface area (Å²) in [6, 6.07) is 6.11. The van der Waals surface area contributed by atoms with Crippen LogP contribution in [0.5, 0.6) is 0 Å². The molecular formula is C14H19N3O. The van der Waals surface area contributed by atoms with Crippen molar-refractivity contribution in [3.8, 4) is 0 Å². The van der Waals surface area contributed by atoms with E-state index in [9.17, 15) is 4.79 Å². The van der Waals surface area contributed by atoms with Gasteiger partial charge in [0.2, 0.25) is 5.91 Å². The van der Waals surface area contributed by atoms with Crippen molar-refractivity contribution in [3.05, 3.63) is 23.8 Å². The molecule has 2 aliphatic heterocycles. The minimum absolute atomic E-state index is 0.0447. The molecule has 1 saturated heterocycles. The molecule has 0 bridgehead atoms. The van der Waals surface area contributed by atoms with Crippen LogP contribution in [0.2, 0.25) is 0 Å². The molecule has 4 heteroatoms. The smallest absolute Gasteiger partial charge is 0.246 e. The van der Waals surface area contributed by atoms with Gasteiger partial charge in [-0.25, -0.2) is 0 Å². The third-order valence-electron chi connectivity index (χ3n) is 3.88. The predicted molar refractivity (Wildman–Crippen MR) is 72.9 cm³/mol. The van der Waals surface area contributed by atoms with Crippen molar-refractivity contribution < 1.29 is 4.79 Å². The molecule has 1 amide bonds. The zero-order valence-corrected chi connectivity index (χ0v) is 10.7. The van der Waals surface area contributed by atoms with Gasteiger partial charge in [-0.2, -0.15) is 0 Å². The second-order valence-corrected chi connectivity index (χ2v) is 5.03. The van der Waals surface area contributed by atoms with Gasteiger partial charge in [-0.15, -0.1) is 0 Å². The Hall–Kier alpha value is -1.55. The zero-order chi connectivity index (χ0) is 12.5. The lowest BCUT2D eigenvalue weighted by molar-refractivity contribution is -0.117. The Kier molecular flexibility index (Phi) is 2.96. The first kappa shape index (κ1) is 11.5. The predicted octanol–water partition coefficient (Wildman–Crippen LogP) is 1.89. The van der Waals surface area contributed by atoms with Crippen molar-refractivity contribution >= 4 is 17.3 Å². The van der Waals surface area contributed by atoms with Gasteiger partial charge in [0.1, 0.15) is 6.04 Å². The van der Waals surface area contributed by atoms with Gasteiger partial charge in [-0.1, -0.05) is 6.07 Å². The molecule has 1 atom stereocenters. The normalized spacial score (nSPS) is 22.8. The number of anilines is 2. The van der Waals surface area contributed by atoms with E-state index in [2.05, 4.69) is 33.7 Å². The number of nitrogens with zero attached hydrogens (tertiary/aromatic N) is 1. The Balaban J connectivity index is 1.88. The fourth-order valence-corrected chi connectivity index (χ4v) is 2.89. The van der Waals surface area contributed by atoms with Crippen molar-refractivity contribution in [2.45, 2.75) is 25.3 Å². The molecule has 1 unspecified atom stereocenters. The van der Waals surface area contributed by atoms with Crippen molar-refractivity contribution in [1.82, 2.24) is 5.32 Å². The van der Waals surface area contributed by atoms with Gasteiger partial charge in [0.25, 0.3) is 0 Å². The van der Waals surface area contributed by atoms with Crippen molar-refractivity contribution in [2.24, 2.45) is 0 Å². The van der Waals surface area contributed by atoms with Gasteiger partial charge in [-0.05, 0) is 38.4 Å². The van der Waals surface area contributed by atoms with Gasteiger partial charge < -0.3 is 15.5 Å². The fourth-order valence-electron chi connectivity index (χ4n) is 2.89. The number of likely N-dealkylation sites (N-methyl/N-ethyl adjacent to an activating group) is 1. The van der Waals surface area contributed by atoms with Crippen LogP contribution in [0.15, 0.2) is 18.2 Å². The van der Waals surface area contributed by atoms with Crippen molar-refractivity contribution in [1.29, 1.82) is 0 Å². The van der Waals surface area contributed by atoms with Crippen LogP contribution in [0.4, 0.5) is 11.4 Å². The fraction of sp³-hybridized carbons (Fsp3) is 0.500. The van der Waals surface area contributed by atoms with E-state index in [4.69, 9.17) is 0 Å². The number of benzene rings is 1. The molecule has 2 heterocycles. The summed E-state index contributed by atoms with van der Waals surface area (Å²) in [6.07, 6.45) is 3.87. The third-order valence-corrected chi connectivity index (χ3v) is 3.88. The van der Waals surface area contributed by atoms with E-state index in [1.807, 2.05) is 7.05 Å². The highest BCUT2D eigenvalue weighted by Crippen LogP contribution is 2.34. The second kappa shape index (κ2) is 4.61. The number of rotatable bonds is 2. The number of carbonyl (C=O) groups excluding carboxylic acids is 1. The molecule has 0 radical (unpaired) electrons. The van der Waals surface area contributed by atoms with E-state index in [0.29, 0.717) is 0 Å². The Morgan fingerprint density at radius 1 is 1.28 bits per heavy atom. The lowest BCUT2D eigenvalue weighted by atomic mass is 10.1. The minimum Gasteiger partial charge on any atom is -0.371 e. The number of hydrogen-bond acceptors (Lipinski definition) is 3. The lowest BCUT2D eigenvalue weighted by Crippen LogP contribution is -2.29. The van der Waals surface area contributed by atoms with Crippen LogP contribution in [0, 0.1) is 0 Å². The molecule has 2 aliphatic rings. The molecule has 1 aromatic rings. The summed E-state index contributed by atoms with van der Waals surface area (Å²) in [5, 5.41) is 5.99.